The van der Waals surface area contributed by atoms with Crippen LogP contribution in [-0.2, 0) is 20.4 Å². The smallest absolute Gasteiger partial charge is 0.227 e. The Hall–Kier alpha value is -2.48. The molecule has 1 fully saturated rings. The van der Waals surface area contributed by atoms with E-state index in [0.29, 0.717) is 24.5 Å². The number of likely N-dealkylation sites (tertiary alicyclic amines) is 1. The summed E-state index contributed by atoms with van der Waals surface area (Å²) in [5.41, 5.74) is 2.25. The number of sulfone groups is 1. The average Bonchev–Trinajstić information content (AvgIpc) is 3.10. The van der Waals surface area contributed by atoms with Crippen molar-refractivity contribution >= 4 is 27.4 Å². The maximum Gasteiger partial charge on any atom is 0.227 e. The Balaban J connectivity index is 1.66. The van der Waals surface area contributed by atoms with Gasteiger partial charge in [0, 0.05) is 42.9 Å². The van der Waals surface area contributed by atoms with Gasteiger partial charge in [-0.15, -0.1) is 0 Å². The van der Waals surface area contributed by atoms with Gasteiger partial charge in [-0.1, -0.05) is 25.1 Å². The van der Waals surface area contributed by atoms with E-state index >= 15 is 0 Å². The van der Waals surface area contributed by atoms with Crippen LogP contribution in [0.3, 0.4) is 0 Å². The topological polar surface area (TPSA) is 92.3 Å². The van der Waals surface area contributed by atoms with Crippen LogP contribution >= 0.6 is 0 Å². The van der Waals surface area contributed by atoms with E-state index in [1.807, 2.05) is 37.3 Å². The molecule has 1 aromatic carbocycles. The summed E-state index contributed by atoms with van der Waals surface area (Å²) in [5.74, 6) is 0.0980. The molecule has 7 nitrogen and oxygen atoms in total. The molecule has 142 valence electrons. The molecule has 27 heavy (non-hydrogen) atoms. The number of hydrogen-bond acceptors (Lipinski definition) is 6. The van der Waals surface area contributed by atoms with Gasteiger partial charge in [0.25, 0.3) is 0 Å². The van der Waals surface area contributed by atoms with Crippen molar-refractivity contribution in [2.75, 3.05) is 18.4 Å². The van der Waals surface area contributed by atoms with Crippen LogP contribution in [-0.4, -0.2) is 47.5 Å². The number of amides is 1. The number of anilines is 2. The van der Waals surface area contributed by atoms with E-state index in [9.17, 15) is 13.2 Å². The Morgan fingerprint density at radius 3 is 2.78 bits per heavy atom. The summed E-state index contributed by atoms with van der Waals surface area (Å²) in [6.07, 6.45) is 2.79. The molecule has 0 saturated carbocycles. The van der Waals surface area contributed by atoms with Gasteiger partial charge < -0.3 is 10.2 Å². The summed E-state index contributed by atoms with van der Waals surface area (Å²) < 4.78 is 25.4. The third-order valence-electron chi connectivity index (χ3n) is 5.18. The third-order valence-corrected chi connectivity index (χ3v) is 7.29. The van der Waals surface area contributed by atoms with Crippen LogP contribution in [0.2, 0.25) is 0 Å². The molecule has 0 radical (unpaired) electrons. The van der Waals surface area contributed by atoms with Crippen molar-refractivity contribution in [3.8, 4) is 0 Å². The maximum absolute atomic E-state index is 12.7. The van der Waals surface area contributed by atoms with Crippen molar-refractivity contribution in [3.05, 3.63) is 47.8 Å². The number of nitrogens with one attached hydrogen (secondary N) is 1. The summed E-state index contributed by atoms with van der Waals surface area (Å²) in [4.78, 5) is 22.9. The highest BCUT2D eigenvalue weighted by atomic mass is 32.2. The number of carbonyl (C=O) groups is 1. The van der Waals surface area contributed by atoms with Gasteiger partial charge in [0.2, 0.25) is 11.9 Å². The number of hydrogen-bond donors (Lipinski definition) is 1. The van der Waals surface area contributed by atoms with Crippen LogP contribution in [0, 0.1) is 0 Å². The number of carbonyl (C=O) groups excluding carboxylic acids is 1. The van der Waals surface area contributed by atoms with Crippen molar-refractivity contribution < 1.29 is 13.2 Å². The van der Waals surface area contributed by atoms with Crippen LogP contribution in [0.5, 0.6) is 0 Å². The predicted octanol–water partition coefficient (Wildman–Crippen LogP) is 2.24. The summed E-state index contributed by atoms with van der Waals surface area (Å²) in [6, 6.07) is 9.58. The molecular formula is C19H22N4O3S. The molecule has 8 heteroatoms. The number of benzene rings is 1. The molecule has 0 bridgehead atoms. The van der Waals surface area contributed by atoms with Gasteiger partial charge in [0.1, 0.15) is 0 Å². The van der Waals surface area contributed by atoms with Crippen molar-refractivity contribution in [3.63, 3.8) is 0 Å². The third kappa shape index (κ3) is 3.41. The Morgan fingerprint density at radius 1 is 1.26 bits per heavy atom. The number of aromatic nitrogens is 2. The second-order valence-corrected chi connectivity index (χ2v) is 9.32. The van der Waals surface area contributed by atoms with Crippen molar-refractivity contribution in [2.45, 2.75) is 36.7 Å². The number of rotatable bonds is 4. The summed E-state index contributed by atoms with van der Waals surface area (Å²) in [6.45, 7) is 2.61. The molecule has 2 aromatic rings. The van der Waals surface area contributed by atoms with E-state index in [0.717, 1.165) is 17.8 Å². The molecule has 4 rings (SSSR count). The molecule has 1 N–H and O–H groups in total. The molecule has 2 aliphatic heterocycles. The lowest BCUT2D eigenvalue weighted by molar-refractivity contribution is -0.130. The predicted molar refractivity (Wildman–Crippen MR) is 102 cm³/mol. The van der Waals surface area contributed by atoms with E-state index in [-0.39, 0.29) is 24.1 Å². The van der Waals surface area contributed by atoms with Gasteiger partial charge in [-0.2, -0.15) is 0 Å². The zero-order valence-corrected chi connectivity index (χ0v) is 15.9. The molecule has 2 atom stereocenters. The normalized spacial score (nSPS) is 22.8. The van der Waals surface area contributed by atoms with E-state index < -0.39 is 15.1 Å². The first kappa shape index (κ1) is 17.9. The Bertz CT molecular complexity index is 962. The fourth-order valence-corrected chi connectivity index (χ4v) is 5.86. The highest BCUT2D eigenvalue weighted by molar-refractivity contribution is 7.91. The first-order chi connectivity index (χ1) is 13.0. The van der Waals surface area contributed by atoms with Crippen LogP contribution < -0.4 is 5.32 Å². The summed E-state index contributed by atoms with van der Waals surface area (Å²) in [5, 5.41) is 2.58. The second-order valence-electron chi connectivity index (χ2n) is 7.10. The average molecular weight is 386 g/mol. The Morgan fingerprint density at radius 2 is 2.04 bits per heavy atom. The lowest BCUT2D eigenvalue weighted by atomic mass is 10.00. The van der Waals surface area contributed by atoms with Gasteiger partial charge in [-0.25, -0.2) is 18.4 Å². The lowest BCUT2D eigenvalue weighted by Crippen LogP contribution is -2.35. The molecule has 1 amide bonds. The van der Waals surface area contributed by atoms with Gasteiger partial charge in [-0.05, 0) is 18.6 Å². The molecule has 0 unspecified atom stereocenters. The second kappa shape index (κ2) is 6.92. The monoisotopic (exact) mass is 386 g/mol. The zero-order valence-electron chi connectivity index (χ0n) is 15.1. The number of nitrogens with zero attached hydrogens (tertiary/aromatic N) is 3. The van der Waals surface area contributed by atoms with Gasteiger partial charge in [0.15, 0.2) is 9.84 Å². The van der Waals surface area contributed by atoms with E-state index in [2.05, 4.69) is 15.3 Å². The minimum absolute atomic E-state index is 0.0142. The molecule has 1 aromatic heterocycles. The highest BCUT2D eigenvalue weighted by Gasteiger charge is 2.48. The molecule has 2 aliphatic rings. The van der Waals surface area contributed by atoms with Crippen molar-refractivity contribution in [1.29, 1.82) is 0 Å². The van der Waals surface area contributed by atoms with Crippen molar-refractivity contribution in [1.82, 2.24) is 14.9 Å². The summed E-state index contributed by atoms with van der Waals surface area (Å²) >= 11 is 0. The molecule has 0 aliphatic carbocycles. The highest BCUT2D eigenvalue weighted by Crippen LogP contribution is 2.39. The van der Waals surface area contributed by atoms with E-state index in [1.165, 1.54) is 0 Å². The van der Waals surface area contributed by atoms with Crippen molar-refractivity contribution in [2.24, 2.45) is 0 Å². The number of para-hydroxylation sites is 1. The number of fused-ring (bicyclic) bond motifs is 3. The maximum atomic E-state index is 12.7. The quantitative estimate of drug-likeness (QED) is 0.866. The molecule has 3 heterocycles. The Labute approximate surface area is 158 Å². The minimum atomic E-state index is -3.32. The standard InChI is InChI=1S/C19H22N4O3S/c1-2-6-17(24)23-10-15-16(11-23)27(25,26)12-13-9-20-19(22-18(13)15)21-14-7-4-3-5-8-14/h3-5,7-9,15-16H,2,6,10-12H2,1H3,(H,20,21,22)/t15-,16+/m1/s1. The van der Waals surface area contributed by atoms with Crippen LogP contribution in [0.1, 0.15) is 36.9 Å². The van der Waals surface area contributed by atoms with Crippen LogP contribution in [0.25, 0.3) is 0 Å². The zero-order chi connectivity index (χ0) is 19.0. The summed E-state index contributed by atoms with van der Waals surface area (Å²) in [7, 11) is -3.32. The first-order valence-electron chi connectivity index (χ1n) is 9.15. The lowest BCUT2D eigenvalue weighted by Gasteiger charge is -2.26. The fourth-order valence-electron chi connectivity index (χ4n) is 3.86. The van der Waals surface area contributed by atoms with Crippen LogP contribution in [0.4, 0.5) is 11.6 Å². The Kier molecular flexibility index (Phi) is 4.59. The fraction of sp³-hybridized carbons (Fsp3) is 0.421. The minimum Gasteiger partial charge on any atom is -0.341 e. The van der Waals surface area contributed by atoms with Gasteiger partial charge >= 0.3 is 0 Å². The van der Waals surface area contributed by atoms with Crippen LogP contribution in [0.15, 0.2) is 36.5 Å². The van der Waals surface area contributed by atoms with Gasteiger partial charge in [0.05, 0.1) is 16.7 Å². The first-order valence-corrected chi connectivity index (χ1v) is 10.9. The van der Waals surface area contributed by atoms with Gasteiger partial charge in [-0.3, -0.25) is 4.79 Å². The molecule has 1 saturated heterocycles. The van der Waals surface area contributed by atoms with E-state index in [4.69, 9.17) is 0 Å². The molecular weight excluding hydrogens is 364 g/mol. The largest absolute Gasteiger partial charge is 0.341 e. The molecule has 0 spiro atoms. The van der Waals surface area contributed by atoms with E-state index in [1.54, 1.807) is 11.1 Å². The SMILES string of the molecule is CCCC(=O)N1C[C@H]2c3nc(Nc4ccccc4)ncc3CS(=O)(=O)[C@H]2C1.